The maximum atomic E-state index is 11.2. The van der Waals surface area contributed by atoms with E-state index in [9.17, 15) is 4.79 Å². The fourth-order valence-corrected chi connectivity index (χ4v) is 1.48. The summed E-state index contributed by atoms with van der Waals surface area (Å²) < 4.78 is 4.60. The molecular weight excluding hydrogens is 192 g/mol. The van der Waals surface area contributed by atoms with Crippen LogP contribution in [0.5, 0.6) is 0 Å². The van der Waals surface area contributed by atoms with Crippen LogP contribution in [0.1, 0.15) is 35.2 Å². The van der Waals surface area contributed by atoms with Crippen molar-refractivity contribution < 1.29 is 14.6 Å². The van der Waals surface area contributed by atoms with E-state index in [4.69, 9.17) is 5.11 Å². The normalized spacial score (nSPS) is 12.2. The lowest BCUT2D eigenvalue weighted by molar-refractivity contribution is 0.0600. The maximum Gasteiger partial charge on any atom is 0.337 e. The van der Waals surface area contributed by atoms with Crippen LogP contribution in [0, 0.1) is 0 Å². The van der Waals surface area contributed by atoms with Gasteiger partial charge in [-0.05, 0) is 24.1 Å². The number of hydrogen-bond donors (Lipinski definition) is 1. The molecule has 0 aliphatic heterocycles. The fourth-order valence-electron chi connectivity index (χ4n) is 1.48. The number of rotatable bonds is 4. The summed E-state index contributed by atoms with van der Waals surface area (Å²) in [6.45, 7) is 2.16. The van der Waals surface area contributed by atoms with E-state index >= 15 is 0 Å². The number of esters is 1. The Kier molecular flexibility index (Phi) is 4.31. The average molecular weight is 208 g/mol. The van der Waals surface area contributed by atoms with Gasteiger partial charge in [-0.15, -0.1) is 0 Å². The second-order valence-electron chi connectivity index (χ2n) is 3.40. The average Bonchev–Trinajstić information content (AvgIpc) is 2.30. The molecule has 1 atom stereocenters. The van der Waals surface area contributed by atoms with Gasteiger partial charge < -0.3 is 9.84 Å². The highest BCUT2D eigenvalue weighted by Gasteiger charge is 2.09. The second-order valence-corrected chi connectivity index (χ2v) is 3.40. The third-order valence-electron chi connectivity index (χ3n) is 2.52. The van der Waals surface area contributed by atoms with E-state index in [2.05, 4.69) is 4.74 Å². The minimum Gasteiger partial charge on any atom is -0.465 e. The molecule has 0 aliphatic rings. The van der Waals surface area contributed by atoms with Gasteiger partial charge in [0, 0.05) is 12.5 Å². The highest BCUT2D eigenvalue weighted by molar-refractivity contribution is 5.89. The molecule has 0 bridgehead atoms. The van der Waals surface area contributed by atoms with Gasteiger partial charge in [0.2, 0.25) is 0 Å². The molecule has 0 amide bonds. The van der Waals surface area contributed by atoms with Crippen molar-refractivity contribution in [3.05, 3.63) is 35.4 Å². The zero-order chi connectivity index (χ0) is 11.3. The number of ether oxygens (including phenoxy) is 1. The van der Waals surface area contributed by atoms with E-state index in [0.29, 0.717) is 5.56 Å². The third-order valence-corrected chi connectivity index (χ3v) is 2.52. The van der Waals surface area contributed by atoms with Gasteiger partial charge in [0.25, 0.3) is 0 Å². The first-order valence-electron chi connectivity index (χ1n) is 5.02. The number of aliphatic hydroxyl groups excluding tert-OH is 1. The van der Waals surface area contributed by atoms with Gasteiger partial charge in [0.1, 0.15) is 0 Å². The number of carbonyl (C=O) groups excluding carboxylic acids is 1. The summed E-state index contributed by atoms with van der Waals surface area (Å²) in [6, 6.07) is 7.16. The van der Waals surface area contributed by atoms with Crippen LogP contribution in [0.4, 0.5) is 0 Å². The fraction of sp³-hybridized carbons (Fsp3) is 0.417. The molecule has 0 aromatic heterocycles. The van der Waals surface area contributed by atoms with E-state index in [1.54, 1.807) is 12.1 Å². The zero-order valence-corrected chi connectivity index (χ0v) is 9.06. The predicted molar refractivity (Wildman–Crippen MR) is 57.9 cm³/mol. The first-order chi connectivity index (χ1) is 7.22. The number of benzene rings is 1. The van der Waals surface area contributed by atoms with Gasteiger partial charge in [0.15, 0.2) is 0 Å². The summed E-state index contributed by atoms with van der Waals surface area (Å²) in [6.07, 6.45) is 0.883. The highest BCUT2D eigenvalue weighted by atomic mass is 16.5. The van der Waals surface area contributed by atoms with Crippen LogP contribution in [0.2, 0.25) is 0 Å². The van der Waals surface area contributed by atoms with Crippen molar-refractivity contribution in [3.63, 3.8) is 0 Å². The summed E-state index contributed by atoms with van der Waals surface area (Å²) in [5.74, 6) is -0.185. The van der Waals surface area contributed by atoms with Crippen molar-refractivity contribution in [1.82, 2.24) is 0 Å². The molecule has 1 rings (SSSR count). The quantitative estimate of drug-likeness (QED) is 0.769. The molecule has 0 saturated carbocycles. The van der Waals surface area contributed by atoms with Gasteiger partial charge >= 0.3 is 5.97 Å². The molecule has 1 N–H and O–H groups in total. The molecule has 1 aromatic carbocycles. The SMILES string of the molecule is CCC(CO)c1ccc(C(=O)OC)cc1. The standard InChI is InChI=1S/C12H16O3/c1-3-9(8-13)10-4-6-11(7-5-10)12(14)15-2/h4-7,9,13H,3,8H2,1-2H3. The summed E-state index contributed by atoms with van der Waals surface area (Å²) in [7, 11) is 1.36. The molecular formula is C12H16O3. The Morgan fingerprint density at radius 3 is 2.40 bits per heavy atom. The van der Waals surface area contributed by atoms with Gasteiger partial charge in [-0.1, -0.05) is 19.1 Å². The van der Waals surface area contributed by atoms with Crippen LogP contribution < -0.4 is 0 Å². The molecule has 15 heavy (non-hydrogen) atoms. The van der Waals surface area contributed by atoms with E-state index in [1.165, 1.54) is 7.11 Å². The Morgan fingerprint density at radius 1 is 1.40 bits per heavy atom. The maximum absolute atomic E-state index is 11.2. The van der Waals surface area contributed by atoms with Gasteiger partial charge in [-0.2, -0.15) is 0 Å². The lowest BCUT2D eigenvalue weighted by Gasteiger charge is -2.11. The van der Waals surface area contributed by atoms with Crippen LogP contribution in [0.25, 0.3) is 0 Å². The molecule has 82 valence electrons. The number of methoxy groups -OCH3 is 1. The minimum absolute atomic E-state index is 0.133. The largest absolute Gasteiger partial charge is 0.465 e. The summed E-state index contributed by atoms with van der Waals surface area (Å²) in [4.78, 5) is 11.2. The van der Waals surface area contributed by atoms with E-state index in [0.717, 1.165) is 12.0 Å². The molecule has 0 heterocycles. The monoisotopic (exact) mass is 208 g/mol. The molecule has 1 unspecified atom stereocenters. The Hall–Kier alpha value is -1.35. The van der Waals surface area contributed by atoms with Crippen molar-refractivity contribution in [1.29, 1.82) is 0 Å². The van der Waals surface area contributed by atoms with Crippen LogP contribution in [0.3, 0.4) is 0 Å². The predicted octanol–water partition coefficient (Wildman–Crippen LogP) is 1.96. The van der Waals surface area contributed by atoms with Crippen LogP contribution in [-0.4, -0.2) is 24.8 Å². The Labute approximate surface area is 89.7 Å². The molecule has 0 saturated heterocycles. The van der Waals surface area contributed by atoms with Gasteiger partial charge in [0.05, 0.1) is 12.7 Å². The lowest BCUT2D eigenvalue weighted by Crippen LogP contribution is -2.04. The Balaban J connectivity index is 2.84. The van der Waals surface area contributed by atoms with Gasteiger partial charge in [-0.3, -0.25) is 0 Å². The molecule has 0 spiro atoms. The summed E-state index contributed by atoms with van der Waals surface area (Å²) >= 11 is 0. The second kappa shape index (κ2) is 5.51. The lowest BCUT2D eigenvalue weighted by atomic mass is 9.96. The smallest absolute Gasteiger partial charge is 0.337 e. The summed E-state index contributed by atoms with van der Waals surface area (Å²) in [5.41, 5.74) is 1.58. The third kappa shape index (κ3) is 2.80. The number of hydrogen-bond acceptors (Lipinski definition) is 3. The van der Waals surface area contributed by atoms with Gasteiger partial charge in [-0.25, -0.2) is 4.79 Å². The first kappa shape index (κ1) is 11.7. The molecule has 0 radical (unpaired) electrons. The number of aliphatic hydroxyl groups is 1. The van der Waals surface area contributed by atoms with Crippen LogP contribution in [0.15, 0.2) is 24.3 Å². The van der Waals surface area contributed by atoms with Crippen molar-refractivity contribution in [2.75, 3.05) is 13.7 Å². The zero-order valence-electron chi connectivity index (χ0n) is 9.06. The van der Waals surface area contributed by atoms with Crippen LogP contribution >= 0.6 is 0 Å². The highest BCUT2D eigenvalue weighted by Crippen LogP contribution is 2.19. The van der Waals surface area contributed by atoms with E-state index in [1.807, 2.05) is 19.1 Å². The summed E-state index contributed by atoms with van der Waals surface area (Å²) in [5, 5.41) is 9.11. The molecule has 3 heteroatoms. The molecule has 0 aliphatic carbocycles. The molecule has 1 aromatic rings. The Bertz CT molecular complexity index is 312. The topological polar surface area (TPSA) is 46.5 Å². The Morgan fingerprint density at radius 2 is 2.00 bits per heavy atom. The molecule has 0 fully saturated rings. The van der Waals surface area contributed by atoms with E-state index < -0.39 is 0 Å². The minimum atomic E-state index is -0.335. The van der Waals surface area contributed by atoms with Crippen molar-refractivity contribution in [2.45, 2.75) is 19.3 Å². The van der Waals surface area contributed by atoms with Crippen molar-refractivity contribution in [3.8, 4) is 0 Å². The number of carbonyl (C=O) groups is 1. The molecule has 3 nitrogen and oxygen atoms in total. The van der Waals surface area contributed by atoms with Crippen molar-refractivity contribution >= 4 is 5.97 Å². The van der Waals surface area contributed by atoms with Crippen molar-refractivity contribution in [2.24, 2.45) is 0 Å². The first-order valence-corrected chi connectivity index (χ1v) is 5.02. The van der Waals surface area contributed by atoms with E-state index in [-0.39, 0.29) is 18.5 Å². The van der Waals surface area contributed by atoms with Crippen LogP contribution in [-0.2, 0) is 4.74 Å².